The van der Waals surface area contributed by atoms with Gasteiger partial charge in [-0.3, -0.25) is 4.79 Å². The third-order valence-electron chi connectivity index (χ3n) is 5.24. The van der Waals surface area contributed by atoms with E-state index in [1.807, 2.05) is 0 Å². The number of nitrogens with zero attached hydrogens (tertiary/aromatic N) is 1. The zero-order valence-electron chi connectivity index (χ0n) is 11.8. The number of hydrogen-bond donors (Lipinski definition) is 1. The van der Waals surface area contributed by atoms with Gasteiger partial charge in [-0.05, 0) is 50.2 Å². The molecule has 2 fully saturated rings. The molecule has 1 aromatic carbocycles. The van der Waals surface area contributed by atoms with Gasteiger partial charge in [0.2, 0.25) is 5.91 Å². The number of aryl methyl sites for hydroxylation is 1. The minimum Gasteiger partial charge on any atom is -0.312 e. The van der Waals surface area contributed by atoms with E-state index in [2.05, 4.69) is 34.5 Å². The molecule has 3 heterocycles. The van der Waals surface area contributed by atoms with E-state index in [1.165, 1.54) is 24.8 Å². The number of anilines is 1. The van der Waals surface area contributed by atoms with Crippen LogP contribution in [0.4, 0.5) is 5.69 Å². The smallest absolute Gasteiger partial charge is 0.231 e. The van der Waals surface area contributed by atoms with E-state index >= 15 is 0 Å². The molecule has 3 aliphatic heterocycles. The molecular formula is C17H22N2O. The first-order chi connectivity index (χ1) is 9.83. The summed E-state index contributed by atoms with van der Waals surface area (Å²) < 4.78 is 0. The van der Waals surface area contributed by atoms with Crippen molar-refractivity contribution < 1.29 is 4.79 Å². The van der Waals surface area contributed by atoms with Gasteiger partial charge in [0.15, 0.2) is 0 Å². The SMILES string of the molecule is O=C(C1CC2CCC1N2)N1CCCCc2ccccc21. The first-order valence-electron chi connectivity index (χ1n) is 7.98. The van der Waals surface area contributed by atoms with E-state index in [9.17, 15) is 4.79 Å². The lowest BCUT2D eigenvalue weighted by atomic mass is 9.88. The molecule has 2 saturated heterocycles. The predicted octanol–water partition coefficient (Wildman–Crippen LogP) is 2.50. The summed E-state index contributed by atoms with van der Waals surface area (Å²) in [6.07, 6.45) is 6.89. The minimum atomic E-state index is 0.208. The Morgan fingerprint density at radius 2 is 2.10 bits per heavy atom. The summed E-state index contributed by atoms with van der Waals surface area (Å²) in [5, 5.41) is 3.59. The van der Waals surface area contributed by atoms with E-state index in [0.717, 1.165) is 31.5 Å². The number of hydrogen-bond acceptors (Lipinski definition) is 2. The topological polar surface area (TPSA) is 32.3 Å². The molecule has 3 atom stereocenters. The van der Waals surface area contributed by atoms with Crippen LogP contribution in [0.3, 0.4) is 0 Å². The van der Waals surface area contributed by atoms with Gasteiger partial charge in [0.25, 0.3) is 0 Å². The van der Waals surface area contributed by atoms with Gasteiger partial charge in [-0.1, -0.05) is 18.2 Å². The van der Waals surface area contributed by atoms with Crippen molar-refractivity contribution in [2.24, 2.45) is 5.92 Å². The summed E-state index contributed by atoms with van der Waals surface area (Å²) in [7, 11) is 0. The van der Waals surface area contributed by atoms with Crippen LogP contribution in [0.2, 0.25) is 0 Å². The summed E-state index contributed by atoms with van der Waals surface area (Å²) >= 11 is 0. The average Bonchev–Trinajstić information content (AvgIpc) is 3.04. The molecule has 3 aliphatic rings. The summed E-state index contributed by atoms with van der Waals surface area (Å²) in [5.74, 6) is 0.568. The second-order valence-electron chi connectivity index (χ2n) is 6.47. The molecule has 3 heteroatoms. The highest BCUT2D eigenvalue weighted by molar-refractivity contribution is 5.96. The van der Waals surface area contributed by atoms with Gasteiger partial charge in [-0.15, -0.1) is 0 Å². The second kappa shape index (κ2) is 4.88. The predicted molar refractivity (Wildman–Crippen MR) is 79.8 cm³/mol. The van der Waals surface area contributed by atoms with Crippen molar-refractivity contribution in [3.05, 3.63) is 29.8 Å². The molecule has 3 nitrogen and oxygen atoms in total. The van der Waals surface area contributed by atoms with Crippen LogP contribution in [0.15, 0.2) is 24.3 Å². The molecule has 1 aromatic rings. The first-order valence-corrected chi connectivity index (χ1v) is 7.98. The fourth-order valence-electron chi connectivity index (χ4n) is 4.22. The number of nitrogens with one attached hydrogen (secondary N) is 1. The van der Waals surface area contributed by atoms with Crippen molar-refractivity contribution in [2.45, 2.75) is 50.6 Å². The summed E-state index contributed by atoms with van der Waals surface area (Å²) in [4.78, 5) is 15.1. The van der Waals surface area contributed by atoms with Crippen LogP contribution >= 0.6 is 0 Å². The normalized spacial score (nSPS) is 32.0. The maximum atomic E-state index is 13.0. The Morgan fingerprint density at radius 3 is 2.90 bits per heavy atom. The molecular weight excluding hydrogens is 248 g/mol. The molecule has 0 spiro atoms. The number of benzene rings is 1. The number of para-hydroxylation sites is 1. The highest BCUT2D eigenvalue weighted by Gasteiger charge is 2.44. The molecule has 4 rings (SSSR count). The van der Waals surface area contributed by atoms with Crippen LogP contribution in [0.25, 0.3) is 0 Å². The van der Waals surface area contributed by atoms with E-state index in [0.29, 0.717) is 18.0 Å². The molecule has 0 aliphatic carbocycles. The van der Waals surface area contributed by atoms with Crippen LogP contribution in [0.1, 0.15) is 37.7 Å². The lowest BCUT2D eigenvalue weighted by Gasteiger charge is -2.29. The minimum absolute atomic E-state index is 0.208. The summed E-state index contributed by atoms with van der Waals surface area (Å²) in [6, 6.07) is 9.48. The largest absolute Gasteiger partial charge is 0.312 e. The number of carbonyl (C=O) groups excluding carboxylic acids is 1. The fourth-order valence-corrected chi connectivity index (χ4v) is 4.22. The average molecular weight is 270 g/mol. The van der Waals surface area contributed by atoms with E-state index in [1.54, 1.807) is 0 Å². The summed E-state index contributed by atoms with van der Waals surface area (Å²) in [5.41, 5.74) is 2.51. The van der Waals surface area contributed by atoms with E-state index in [4.69, 9.17) is 0 Å². The Balaban J connectivity index is 1.63. The van der Waals surface area contributed by atoms with Crippen molar-refractivity contribution >= 4 is 11.6 Å². The molecule has 20 heavy (non-hydrogen) atoms. The molecule has 0 aromatic heterocycles. The van der Waals surface area contributed by atoms with Crippen molar-refractivity contribution in [3.8, 4) is 0 Å². The van der Waals surface area contributed by atoms with Gasteiger partial charge >= 0.3 is 0 Å². The third-order valence-corrected chi connectivity index (χ3v) is 5.24. The van der Waals surface area contributed by atoms with Gasteiger partial charge in [-0.2, -0.15) is 0 Å². The lowest BCUT2D eigenvalue weighted by molar-refractivity contribution is -0.122. The molecule has 2 bridgehead atoms. The molecule has 3 unspecified atom stereocenters. The van der Waals surface area contributed by atoms with Crippen molar-refractivity contribution in [1.29, 1.82) is 0 Å². The van der Waals surface area contributed by atoms with Crippen LogP contribution in [0, 0.1) is 5.92 Å². The molecule has 1 amide bonds. The van der Waals surface area contributed by atoms with Crippen molar-refractivity contribution in [3.63, 3.8) is 0 Å². The molecule has 0 radical (unpaired) electrons. The number of amides is 1. The quantitative estimate of drug-likeness (QED) is 0.850. The molecule has 0 saturated carbocycles. The highest BCUT2D eigenvalue weighted by atomic mass is 16.2. The Labute approximate surface area is 120 Å². The Bertz CT molecular complexity index is 527. The van der Waals surface area contributed by atoms with Crippen molar-refractivity contribution in [1.82, 2.24) is 5.32 Å². The number of rotatable bonds is 1. The van der Waals surface area contributed by atoms with Crippen LogP contribution < -0.4 is 10.2 Å². The zero-order valence-corrected chi connectivity index (χ0v) is 11.8. The fraction of sp³-hybridized carbons (Fsp3) is 0.588. The highest BCUT2D eigenvalue weighted by Crippen LogP contribution is 2.36. The standard InChI is InChI=1S/C17H22N2O/c20-17(14-11-13-8-9-15(14)18-13)19-10-4-3-6-12-5-1-2-7-16(12)19/h1-2,5,7,13-15,18H,3-4,6,8-11H2. The third kappa shape index (κ3) is 1.96. The Morgan fingerprint density at radius 1 is 1.20 bits per heavy atom. The number of carbonyl (C=O) groups is 1. The van der Waals surface area contributed by atoms with Gasteiger partial charge < -0.3 is 10.2 Å². The van der Waals surface area contributed by atoms with Gasteiger partial charge in [-0.25, -0.2) is 0 Å². The maximum absolute atomic E-state index is 13.0. The molecule has 106 valence electrons. The first kappa shape index (κ1) is 12.4. The van der Waals surface area contributed by atoms with Crippen molar-refractivity contribution in [2.75, 3.05) is 11.4 Å². The maximum Gasteiger partial charge on any atom is 0.231 e. The lowest BCUT2D eigenvalue weighted by Crippen LogP contribution is -2.41. The Kier molecular flexibility index (Phi) is 3.03. The Hall–Kier alpha value is -1.35. The van der Waals surface area contributed by atoms with Crippen LogP contribution in [0.5, 0.6) is 0 Å². The van der Waals surface area contributed by atoms with Gasteiger partial charge in [0.05, 0.1) is 5.92 Å². The monoisotopic (exact) mass is 270 g/mol. The number of fused-ring (bicyclic) bond motifs is 3. The van der Waals surface area contributed by atoms with E-state index in [-0.39, 0.29) is 5.92 Å². The van der Waals surface area contributed by atoms with Crippen LogP contribution in [-0.2, 0) is 11.2 Å². The zero-order chi connectivity index (χ0) is 13.5. The van der Waals surface area contributed by atoms with Gasteiger partial charge in [0, 0.05) is 24.3 Å². The molecule has 1 N–H and O–H groups in total. The second-order valence-corrected chi connectivity index (χ2v) is 6.47. The van der Waals surface area contributed by atoms with E-state index < -0.39 is 0 Å². The summed E-state index contributed by atoms with van der Waals surface area (Å²) in [6.45, 7) is 0.893. The van der Waals surface area contributed by atoms with Crippen LogP contribution in [-0.4, -0.2) is 24.5 Å². The van der Waals surface area contributed by atoms with Gasteiger partial charge in [0.1, 0.15) is 0 Å².